The molecule has 6 atom stereocenters. The zero-order valence-electron chi connectivity index (χ0n) is 35.9. The molecule has 3 rings (SSSR count). The quantitative estimate of drug-likeness (QED) is 0.120. The van der Waals surface area contributed by atoms with Gasteiger partial charge in [0, 0.05) is 19.2 Å². The molecule has 2 fully saturated rings. The van der Waals surface area contributed by atoms with Crippen LogP contribution in [0.4, 0.5) is 0 Å². The third-order valence-corrected chi connectivity index (χ3v) is 10.4. The lowest BCUT2D eigenvalue weighted by Crippen LogP contribution is -2.38. The minimum absolute atomic E-state index is 0. The fraction of sp³-hybridized carbons (Fsp3) is 0.733. The van der Waals surface area contributed by atoms with Gasteiger partial charge in [-0.2, -0.15) is 0 Å². The van der Waals surface area contributed by atoms with Crippen LogP contribution in [0, 0.1) is 51.8 Å². The van der Waals surface area contributed by atoms with Crippen molar-refractivity contribution in [3.8, 4) is 0 Å². The summed E-state index contributed by atoms with van der Waals surface area (Å²) in [4.78, 5) is 44.4. The first kappa shape index (κ1) is 58.7. The highest BCUT2D eigenvalue weighted by Crippen LogP contribution is 2.45. The van der Waals surface area contributed by atoms with Crippen LogP contribution < -0.4 is 0 Å². The molecule has 0 aliphatic heterocycles. The van der Waals surface area contributed by atoms with Crippen molar-refractivity contribution in [2.75, 3.05) is 0 Å². The smallest absolute Gasteiger partial charge is 0.300 e. The van der Waals surface area contributed by atoms with E-state index >= 15 is 0 Å². The molecule has 0 amide bonds. The second-order valence-corrected chi connectivity index (χ2v) is 23.7. The van der Waals surface area contributed by atoms with Gasteiger partial charge in [0.25, 0.3) is 0 Å². The second-order valence-electron chi connectivity index (χ2n) is 17.3. The molecular weight excluding hydrogens is 738 g/mol. The molecule has 0 heterocycles. The Labute approximate surface area is 346 Å². The van der Waals surface area contributed by atoms with Crippen molar-refractivity contribution >= 4 is 64.7 Å². The van der Waals surface area contributed by atoms with Crippen LogP contribution in [0.3, 0.4) is 0 Å². The fourth-order valence-electron chi connectivity index (χ4n) is 8.85. The molecule has 53 heavy (non-hydrogen) atoms. The zero-order chi connectivity index (χ0) is 41.6. The number of carbonyl (C=O) groups excluding carboxylic acids is 4. The van der Waals surface area contributed by atoms with Crippen LogP contribution in [0.15, 0.2) is 48.6 Å². The Kier molecular flexibility index (Phi) is 32.5. The van der Waals surface area contributed by atoms with Crippen molar-refractivity contribution in [1.29, 1.82) is 0 Å². The Morgan fingerprint density at radius 3 is 1.23 bits per heavy atom. The van der Waals surface area contributed by atoms with Crippen molar-refractivity contribution in [2.45, 2.75) is 163 Å². The maximum Gasteiger partial charge on any atom is 0.643 e. The number of hydrogen-bond acceptors (Lipinski definition) is 4. The van der Waals surface area contributed by atoms with E-state index in [-0.39, 0.29) is 36.8 Å². The third-order valence-electron chi connectivity index (χ3n) is 10.4. The summed E-state index contributed by atoms with van der Waals surface area (Å²) in [6.07, 6.45) is 20.0. The van der Waals surface area contributed by atoms with Crippen molar-refractivity contribution in [1.82, 2.24) is 0 Å². The van der Waals surface area contributed by atoms with Crippen LogP contribution in [0.1, 0.15) is 165 Å². The predicted molar refractivity (Wildman–Crippen MR) is 240 cm³/mol. The molecule has 0 aromatic carbocycles. The molecule has 0 radical (unpaired) electrons. The number of carbonyl (C=O) groups is 4. The molecule has 0 saturated heterocycles. The zero-order valence-corrected chi connectivity index (χ0v) is 39.4. The molecule has 0 spiro atoms. The van der Waals surface area contributed by atoms with E-state index in [2.05, 4.69) is 81.0 Å². The molecule has 0 bridgehead atoms. The molecule has 0 N–H and O–H groups in total. The number of ketones is 4. The molecule has 0 aromatic rings. The summed E-state index contributed by atoms with van der Waals surface area (Å²) in [5.41, 5.74) is 1.69. The van der Waals surface area contributed by atoms with Gasteiger partial charge >= 0.3 is 11.4 Å². The van der Waals surface area contributed by atoms with Crippen LogP contribution in [0.25, 0.3) is 0 Å². The Balaban J connectivity index is -0.000000184. The van der Waals surface area contributed by atoms with E-state index in [9.17, 15) is 19.2 Å². The minimum atomic E-state index is -1.72. The first-order valence-corrected chi connectivity index (χ1v) is 24.4. The lowest BCUT2D eigenvalue weighted by Gasteiger charge is -2.41. The van der Waals surface area contributed by atoms with Crippen molar-refractivity contribution in [2.24, 2.45) is 51.8 Å². The minimum Gasteiger partial charge on any atom is -0.300 e. The topological polar surface area (TPSA) is 68.3 Å². The maximum absolute atomic E-state index is 11.4. The predicted octanol–water partition coefficient (Wildman–Crippen LogP) is 14.7. The van der Waals surface area contributed by atoms with Gasteiger partial charge in [0.15, 0.2) is 5.78 Å². The summed E-state index contributed by atoms with van der Waals surface area (Å²) in [7, 11) is 14.8. The Morgan fingerprint density at radius 2 is 1.08 bits per heavy atom. The van der Waals surface area contributed by atoms with Crippen LogP contribution in [-0.4, -0.2) is 34.5 Å². The lowest BCUT2D eigenvalue weighted by molar-refractivity contribution is -0.129. The summed E-state index contributed by atoms with van der Waals surface area (Å²) in [5.74, 6) is 3.61. The maximum atomic E-state index is 11.4. The van der Waals surface area contributed by atoms with Gasteiger partial charge in [-0.15, -0.1) is 0 Å². The lowest BCUT2D eigenvalue weighted by atomic mass is 9.63. The van der Waals surface area contributed by atoms with Gasteiger partial charge in [-0.3, -0.25) is 19.2 Å². The SMILES string of the molecule is C.C=C/C=C/C.CC(=O)C=C(C)C.CC(=O)[C@@H]1[C@H](C)C=CCC1(C)C.CC(=O)[C@@H]1[C@H](C)CCCC1(C)C.CC(=O)[C@H]1[C@H](C)CCCC1(C)C.[Cl][Al]([Cl])[Cl].[HH]. The van der Waals surface area contributed by atoms with Gasteiger partial charge in [-0.05, 0) is 121 Å². The van der Waals surface area contributed by atoms with Crippen LogP contribution in [0.2, 0.25) is 0 Å². The van der Waals surface area contributed by atoms with Gasteiger partial charge in [0.2, 0.25) is 0 Å². The molecule has 3 aliphatic carbocycles. The second kappa shape index (κ2) is 29.3. The van der Waals surface area contributed by atoms with Crippen LogP contribution >= 0.6 is 30.1 Å². The number of allylic oxidation sites excluding steroid dienone is 7. The Hall–Kier alpha value is -0.958. The molecule has 4 nitrogen and oxygen atoms in total. The van der Waals surface area contributed by atoms with E-state index in [1.54, 1.807) is 39.8 Å². The third kappa shape index (κ3) is 26.5. The molecule has 0 aromatic heterocycles. The number of hydrogen-bond donors (Lipinski definition) is 0. The highest BCUT2D eigenvalue weighted by molar-refractivity contribution is 7.54. The summed E-state index contributed by atoms with van der Waals surface area (Å²) in [5, 5.41) is 0. The number of rotatable bonds is 5. The fourth-order valence-corrected chi connectivity index (χ4v) is 8.85. The van der Waals surface area contributed by atoms with E-state index in [1.165, 1.54) is 38.5 Å². The summed E-state index contributed by atoms with van der Waals surface area (Å²) < 4.78 is 0. The van der Waals surface area contributed by atoms with Gasteiger partial charge in [-0.1, -0.05) is 125 Å². The van der Waals surface area contributed by atoms with Gasteiger partial charge in [-0.25, -0.2) is 30.1 Å². The Bertz CT molecular complexity index is 1140. The van der Waals surface area contributed by atoms with Crippen molar-refractivity contribution < 1.29 is 20.6 Å². The molecule has 2 saturated carbocycles. The first-order chi connectivity index (χ1) is 23.6. The molecule has 310 valence electrons. The van der Waals surface area contributed by atoms with Crippen molar-refractivity contribution in [3.05, 3.63) is 48.6 Å². The molecular formula is C45H82AlCl3O4. The average molecular weight is 820 g/mol. The summed E-state index contributed by atoms with van der Waals surface area (Å²) in [6.45, 7) is 35.8. The molecule has 3 aliphatic rings. The largest absolute Gasteiger partial charge is 0.643 e. The molecule has 0 unspecified atom stereocenters. The van der Waals surface area contributed by atoms with Gasteiger partial charge in [0.05, 0.1) is 0 Å². The summed E-state index contributed by atoms with van der Waals surface area (Å²) >= 11 is -1.72. The monoisotopic (exact) mass is 819 g/mol. The van der Waals surface area contributed by atoms with E-state index in [0.29, 0.717) is 46.9 Å². The van der Waals surface area contributed by atoms with Gasteiger partial charge < -0.3 is 0 Å². The Morgan fingerprint density at radius 1 is 0.717 bits per heavy atom. The van der Waals surface area contributed by atoms with E-state index < -0.39 is 11.4 Å². The average Bonchev–Trinajstić information content (AvgIpc) is 2.91. The standard InChI is InChI=1S/2C11H20O.C11H18O.C6H10O.C5H8.CH4.Al.3ClH.H2/c3*1-8-6-5-7-11(3,4)10(8)9(2)12;1-5(2)4-6(3)7;1-3-5-4-2;;;;;;/h2*8,10H,5-7H2,1-4H3;5-6,8,10H,7H2,1-4H3;4H,1-3H3;3-5H,1H2,2H3;1H4;;4*1H/q;;;;;;+3;;;;/p-3/b;;;;5-4+;;;;;;/t8-,10+;8-,10-;8-,10+;;;;;;;;/m111......../s1. The van der Waals surface area contributed by atoms with Crippen LogP contribution in [0.5, 0.6) is 0 Å². The molecule has 8 heteroatoms. The van der Waals surface area contributed by atoms with Gasteiger partial charge in [0.1, 0.15) is 17.3 Å². The van der Waals surface area contributed by atoms with E-state index in [0.717, 1.165) is 12.0 Å². The van der Waals surface area contributed by atoms with E-state index in [1.807, 2.05) is 32.9 Å². The first-order valence-electron chi connectivity index (χ1n) is 19.1. The normalized spacial score (nSPS) is 25.6. The van der Waals surface area contributed by atoms with Crippen LogP contribution in [-0.2, 0) is 19.2 Å². The van der Waals surface area contributed by atoms with E-state index in [4.69, 9.17) is 30.1 Å². The highest BCUT2D eigenvalue weighted by atomic mass is 35.8. The highest BCUT2D eigenvalue weighted by Gasteiger charge is 2.40. The van der Waals surface area contributed by atoms with Crippen molar-refractivity contribution in [3.63, 3.8) is 0 Å². The number of halogens is 3. The number of Topliss-reactive ketones (excluding diaryl/α,β-unsaturated/α-hetero) is 3. The summed E-state index contributed by atoms with van der Waals surface area (Å²) in [6, 6.07) is 0.